The number of anilines is 2. The normalized spacial score (nSPS) is 20.1. The van der Waals surface area contributed by atoms with E-state index in [1.165, 1.54) is 24.3 Å². The molecule has 0 fully saturated rings. The molecular formula is C25H25N3O3. The molecule has 1 aliphatic heterocycles. The molecule has 0 spiro atoms. The topological polar surface area (TPSA) is 75.5 Å². The van der Waals surface area contributed by atoms with Crippen LogP contribution in [0.3, 0.4) is 0 Å². The second-order valence-electron chi connectivity index (χ2n) is 7.86. The van der Waals surface area contributed by atoms with Gasteiger partial charge in [-0.1, -0.05) is 50.2 Å². The number of carbonyl (C=O) groups is 1. The van der Waals surface area contributed by atoms with Crippen molar-refractivity contribution in [2.24, 2.45) is 5.92 Å². The maximum absolute atomic E-state index is 13.6. The fourth-order valence-corrected chi connectivity index (χ4v) is 4.49. The molecule has 0 aromatic heterocycles. The number of fused-ring (bicyclic) bond motifs is 1. The van der Waals surface area contributed by atoms with E-state index in [4.69, 9.17) is 0 Å². The lowest BCUT2D eigenvalue weighted by molar-refractivity contribution is -0.384. The summed E-state index contributed by atoms with van der Waals surface area (Å²) in [6, 6.07) is 23.9. The van der Waals surface area contributed by atoms with Crippen LogP contribution in [-0.4, -0.2) is 16.9 Å². The number of hydrogen-bond donors (Lipinski definition) is 1. The average Bonchev–Trinajstić information content (AvgIpc) is 2.80. The van der Waals surface area contributed by atoms with Crippen molar-refractivity contribution in [3.05, 3.63) is 100 Å². The summed E-state index contributed by atoms with van der Waals surface area (Å²) in [6.45, 7) is 4.26. The van der Waals surface area contributed by atoms with Crippen molar-refractivity contribution < 1.29 is 9.72 Å². The summed E-state index contributed by atoms with van der Waals surface area (Å²) >= 11 is 0. The zero-order valence-corrected chi connectivity index (χ0v) is 17.6. The van der Waals surface area contributed by atoms with Crippen LogP contribution in [0.2, 0.25) is 0 Å². The first kappa shape index (κ1) is 20.6. The SMILES string of the molecule is CC[C@H]1[C@@H](C)[C@H](Nc2ccccc2)c2ccccc2N1C(=O)c1ccc([N+](=O)[O-])cc1. The van der Waals surface area contributed by atoms with E-state index in [-0.39, 0.29) is 29.6 Å². The highest BCUT2D eigenvalue weighted by Crippen LogP contribution is 2.44. The Bertz CT molecular complexity index is 1080. The van der Waals surface area contributed by atoms with E-state index < -0.39 is 4.92 Å². The van der Waals surface area contributed by atoms with E-state index in [0.29, 0.717) is 5.56 Å². The lowest BCUT2D eigenvalue weighted by Crippen LogP contribution is -2.50. The monoisotopic (exact) mass is 415 g/mol. The number of nitrogens with zero attached hydrogens (tertiary/aromatic N) is 2. The summed E-state index contributed by atoms with van der Waals surface area (Å²) in [5, 5.41) is 14.6. The molecule has 6 heteroatoms. The van der Waals surface area contributed by atoms with Crippen molar-refractivity contribution in [3.8, 4) is 0 Å². The third-order valence-corrected chi connectivity index (χ3v) is 6.05. The fourth-order valence-electron chi connectivity index (χ4n) is 4.49. The molecule has 3 aromatic rings. The first-order chi connectivity index (χ1) is 15.0. The van der Waals surface area contributed by atoms with Crippen molar-refractivity contribution in [2.75, 3.05) is 10.2 Å². The molecule has 1 amide bonds. The molecule has 0 saturated heterocycles. The molecule has 4 rings (SSSR count). The molecule has 31 heavy (non-hydrogen) atoms. The van der Waals surface area contributed by atoms with Gasteiger partial charge < -0.3 is 10.2 Å². The lowest BCUT2D eigenvalue weighted by Gasteiger charge is -2.45. The summed E-state index contributed by atoms with van der Waals surface area (Å²) in [5.74, 6) is 0.0151. The first-order valence-corrected chi connectivity index (χ1v) is 10.5. The van der Waals surface area contributed by atoms with E-state index in [0.717, 1.165) is 23.4 Å². The predicted octanol–water partition coefficient (Wildman–Crippen LogP) is 5.82. The van der Waals surface area contributed by atoms with Crippen LogP contribution in [-0.2, 0) is 0 Å². The molecule has 0 radical (unpaired) electrons. The minimum atomic E-state index is -0.457. The number of non-ortho nitro benzene ring substituents is 1. The van der Waals surface area contributed by atoms with Crippen molar-refractivity contribution in [1.29, 1.82) is 0 Å². The fraction of sp³-hybridized carbons (Fsp3) is 0.240. The van der Waals surface area contributed by atoms with Gasteiger partial charge in [-0.3, -0.25) is 14.9 Å². The zero-order chi connectivity index (χ0) is 22.0. The standard InChI is InChI=1S/C25H25N3O3/c1-3-22-17(2)24(26-19-9-5-4-6-10-19)21-11-7-8-12-23(21)27(22)25(29)18-13-15-20(16-14-18)28(30)31/h4-17,22,24,26H,3H2,1-2H3/t17-,22+,24+/m1/s1. The summed E-state index contributed by atoms with van der Waals surface area (Å²) in [5.41, 5.74) is 3.41. The Hall–Kier alpha value is -3.67. The highest BCUT2D eigenvalue weighted by Gasteiger charge is 2.40. The summed E-state index contributed by atoms with van der Waals surface area (Å²) in [4.78, 5) is 25.9. The van der Waals surface area contributed by atoms with E-state index in [1.54, 1.807) is 0 Å². The van der Waals surface area contributed by atoms with Gasteiger partial charge in [0.1, 0.15) is 0 Å². The Morgan fingerprint density at radius 2 is 1.65 bits per heavy atom. The number of para-hydroxylation sites is 2. The third-order valence-electron chi connectivity index (χ3n) is 6.05. The van der Waals surface area contributed by atoms with E-state index in [9.17, 15) is 14.9 Å². The highest BCUT2D eigenvalue weighted by molar-refractivity contribution is 6.07. The maximum Gasteiger partial charge on any atom is 0.269 e. The highest BCUT2D eigenvalue weighted by atomic mass is 16.6. The Morgan fingerprint density at radius 1 is 1.00 bits per heavy atom. The van der Waals surface area contributed by atoms with Gasteiger partial charge in [0.25, 0.3) is 11.6 Å². The molecule has 158 valence electrons. The summed E-state index contributed by atoms with van der Waals surface area (Å²) in [7, 11) is 0. The van der Waals surface area contributed by atoms with Gasteiger partial charge in [-0.05, 0) is 42.3 Å². The van der Waals surface area contributed by atoms with Crippen molar-refractivity contribution in [2.45, 2.75) is 32.4 Å². The van der Waals surface area contributed by atoms with Crippen LogP contribution in [0.4, 0.5) is 17.1 Å². The number of amides is 1. The summed E-state index contributed by atoms with van der Waals surface area (Å²) < 4.78 is 0. The zero-order valence-electron chi connectivity index (χ0n) is 17.6. The van der Waals surface area contributed by atoms with E-state index >= 15 is 0 Å². The quantitative estimate of drug-likeness (QED) is 0.421. The molecule has 0 bridgehead atoms. The molecule has 6 nitrogen and oxygen atoms in total. The van der Waals surface area contributed by atoms with Crippen LogP contribution >= 0.6 is 0 Å². The largest absolute Gasteiger partial charge is 0.378 e. The first-order valence-electron chi connectivity index (χ1n) is 10.5. The molecule has 1 aliphatic rings. The van der Waals surface area contributed by atoms with Crippen LogP contribution in [0, 0.1) is 16.0 Å². The van der Waals surface area contributed by atoms with Crippen LogP contribution in [0.25, 0.3) is 0 Å². The Balaban J connectivity index is 1.74. The predicted molar refractivity (Wildman–Crippen MR) is 122 cm³/mol. The van der Waals surface area contributed by atoms with Crippen LogP contribution in [0.1, 0.15) is 42.2 Å². The van der Waals surface area contributed by atoms with Gasteiger partial charge in [0.15, 0.2) is 0 Å². The number of carbonyl (C=O) groups excluding carboxylic acids is 1. The molecule has 3 aromatic carbocycles. The molecular weight excluding hydrogens is 390 g/mol. The average molecular weight is 415 g/mol. The van der Waals surface area contributed by atoms with Gasteiger partial charge in [-0.15, -0.1) is 0 Å². The van der Waals surface area contributed by atoms with Gasteiger partial charge in [0.05, 0.1) is 11.0 Å². The molecule has 1 heterocycles. The molecule has 0 saturated carbocycles. The minimum absolute atomic E-state index is 0.0150. The van der Waals surface area contributed by atoms with Gasteiger partial charge in [-0.25, -0.2) is 0 Å². The third kappa shape index (κ3) is 3.89. The number of rotatable bonds is 5. The minimum Gasteiger partial charge on any atom is -0.378 e. The number of benzene rings is 3. The Morgan fingerprint density at radius 3 is 2.29 bits per heavy atom. The molecule has 1 N–H and O–H groups in total. The summed E-state index contributed by atoms with van der Waals surface area (Å²) in [6.07, 6.45) is 0.793. The van der Waals surface area contributed by atoms with E-state index in [2.05, 4.69) is 25.2 Å². The number of nitro benzene ring substituents is 1. The van der Waals surface area contributed by atoms with Crippen LogP contribution in [0.5, 0.6) is 0 Å². The number of nitrogens with one attached hydrogen (secondary N) is 1. The second kappa shape index (κ2) is 8.60. The maximum atomic E-state index is 13.6. The van der Waals surface area contributed by atoms with Gasteiger partial charge in [-0.2, -0.15) is 0 Å². The number of hydrogen-bond acceptors (Lipinski definition) is 4. The van der Waals surface area contributed by atoms with Crippen molar-refractivity contribution in [1.82, 2.24) is 0 Å². The smallest absolute Gasteiger partial charge is 0.269 e. The molecule has 0 aliphatic carbocycles. The van der Waals surface area contributed by atoms with Crippen molar-refractivity contribution >= 4 is 23.0 Å². The Kier molecular flexibility index (Phi) is 5.71. The van der Waals surface area contributed by atoms with Crippen LogP contribution in [0.15, 0.2) is 78.9 Å². The molecule has 0 unspecified atom stereocenters. The second-order valence-corrected chi connectivity index (χ2v) is 7.86. The number of nitro groups is 1. The van der Waals surface area contributed by atoms with Crippen LogP contribution < -0.4 is 10.2 Å². The molecule has 3 atom stereocenters. The Labute approximate surface area is 181 Å². The van der Waals surface area contributed by atoms with Gasteiger partial charge >= 0.3 is 0 Å². The van der Waals surface area contributed by atoms with Gasteiger partial charge in [0, 0.05) is 41.0 Å². The van der Waals surface area contributed by atoms with Crippen molar-refractivity contribution in [3.63, 3.8) is 0 Å². The van der Waals surface area contributed by atoms with E-state index in [1.807, 2.05) is 53.4 Å². The van der Waals surface area contributed by atoms with Gasteiger partial charge in [0.2, 0.25) is 0 Å². The lowest BCUT2D eigenvalue weighted by atomic mass is 9.80.